The summed E-state index contributed by atoms with van der Waals surface area (Å²) in [5, 5.41) is 0. The fraction of sp³-hybridized carbons (Fsp3) is 0.400. The molecule has 1 aromatic heterocycles. The molecule has 1 amide bonds. The molecule has 2 aromatic rings. The molecule has 1 aliphatic heterocycles. The Morgan fingerprint density at radius 3 is 2.67 bits per heavy atom. The summed E-state index contributed by atoms with van der Waals surface area (Å²) in [4.78, 5) is 19.6. The van der Waals surface area contributed by atoms with Gasteiger partial charge in [-0.15, -0.1) is 0 Å². The number of carbonyl (C=O) groups is 1. The average molecular weight is 434 g/mol. The first kappa shape index (κ1) is 16.1. The van der Waals surface area contributed by atoms with E-state index in [-0.39, 0.29) is 0 Å². The van der Waals surface area contributed by atoms with E-state index in [1.54, 1.807) is 6.20 Å². The van der Waals surface area contributed by atoms with Crippen LogP contribution in [0.3, 0.4) is 0 Å². The first-order valence-corrected chi connectivity index (χ1v) is 12.0. The number of pyridine rings is 1. The maximum absolute atomic E-state index is 13.3. The van der Waals surface area contributed by atoms with Gasteiger partial charge in [-0.25, -0.2) is 0 Å². The minimum atomic E-state index is -2.06. The van der Waals surface area contributed by atoms with Crippen molar-refractivity contribution in [3.8, 4) is 0 Å². The molecule has 1 aliphatic carbocycles. The van der Waals surface area contributed by atoms with Crippen LogP contribution in [-0.2, 0) is 0 Å². The van der Waals surface area contributed by atoms with Crippen LogP contribution in [0.4, 0.5) is 10.5 Å². The van der Waals surface area contributed by atoms with Crippen LogP contribution >= 0.6 is 19.8 Å². The summed E-state index contributed by atoms with van der Waals surface area (Å²) in [6.07, 6.45) is 8.80. The average Bonchev–Trinajstić information content (AvgIpc) is 2.90. The van der Waals surface area contributed by atoms with Crippen molar-refractivity contribution in [2.24, 2.45) is 11.8 Å². The number of carbonyl (C=O) groups excluding carboxylic acids is 1. The zero-order chi connectivity index (χ0) is 16.5. The minimum absolute atomic E-state index is 0.368. The summed E-state index contributed by atoms with van der Waals surface area (Å²) in [6, 6.07) is 12.5. The van der Waals surface area contributed by atoms with Crippen LogP contribution in [0.2, 0.25) is 0 Å². The van der Waals surface area contributed by atoms with Crippen LogP contribution in [0.5, 0.6) is 0 Å². The number of para-hydroxylation sites is 1. The predicted molar refractivity (Wildman–Crippen MR) is 106 cm³/mol. The molecule has 1 fully saturated rings. The molecule has 0 bridgehead atoms. The molecule has 0 saturated heterocycles. The van der Waals surface area contributed by atoms with Gasteiger partial charge in [0.15, 0.2) is 0 Å². The number of halogens is 1. The van der Waals surface area contributed by atoms with Crippen LogP contribution in [0.15, 0.2) is 48.8 Å². The molecule has 0 spiro atoms. The molecular formula is C20H23IN2O. The molecule has 2 aliphatic rings. The first-order chi connectivity index (χ1) is 11.7. The number of anilines is 1. The SMILES string of the molecule is CC1CCC(CN2C(=O)I(c3cccnc3)c3ccccc32)CC1. The standard InChI is InChI=1S/C20H23IN2O/c1-15-8-10-16(11-9-15)14-23-19-7-3-2-6-18(19)21(20(23)24)17-5-4-12-22-13-17/h2-7,12-13,15-16H,8-11,14H2,1H3. The number of hydrogen-bond donors (Lipinski definition) is 0. The molecule has 0 unspecified atom stereocenters. The van der Waals surface area contributed by atoms with E-state index in [1.807, 2.05) is 12.3 Å². The first-order valence-electron chi connectivity index (χ1n) is 8.74. The molecule has 1 saturated carbocycles. The molecule has 3 nitrogen and oxygen atoms in total. The van der Waals surface area contributed by atoms with Gasteiger partial charge in [-0.2, -0.15) is 0 Å². The topological polar surface area (TPSA) is 33.2 Å². The Bertz CT molecular complexity index is 725. The zero-order valence-corrected chi connectivity index (χ0v) is 16.1. The molecule has 4 heteroatoms. The fourth-order valence-electron chi connectivity index (χ4n) is 3.72. The van der Waals surface area contributed by atoms with Crippen molar-refractivity contribution in [3.63, 3.8) is 0 Å². The van der Waals surface area contributed by atoms with E-state index in [2.05, 4.69) is 47.1 Å². The summed E-state index contributed by atoms with van der Waals surface area (Å²) in [5.74, 6) is 1.50. The van der Waals surface area contributed by atoms with Gasteiger partial charge < -0.3 is 0 Å². The van der Waals surface area contributed by atoms with Gasteiger partial charge in [-0.1, -0.05) is 0 Å². The third-order valence-corrected chi connectivity index (χ3v) is 10.6. The van der Waals surface area contributed by atoms with Gasteiger partial charge in [0.2, 0.25) is 0 Å². The van der Waals surface area contributed by atoms with Crippen LogP contribution in [0.1, 0.15) is 32.6 Å². The van der Waals surface area contributed by atoms with E-state index in [1.165, 1.54) is 29.3 Å². The third kappa shape index (κ3) is 2.96. The Labute approximate surface area is 150 Å². The normalized spacial score (nSPS) is 25.0. The molecule has 24 heavy (non-hydrogen) atoms. The quantitative estimate of drug-likeness (QED) is 0.369. The summed E-state index contributed by atoms with van der Waals surface area (Å²) in [5.41, 5.74) is 1.16. The Hall–Kier alpha value is -1.43. The molecular weight excluding hydrogens is 411 g/mol. The van der Waals surface area contributed by atoms with E-state index >= 15 is 0 Å². The Morgan fingerprint density at radius 2 is 1.92 bits per heavy atom. The van der Waals surface area contributed by atoms with E-state index in [4.69, 9.17) is 0 Å². The fourth-order valence-corrected chi connectivity index (χ4v) is 9.06. The molecule has 0 atom stereocenters. The second-order valence-electron chi connectivity index (χ2n) is 6.90. The van der Waals surface area contributed by atoms with Crippen molar-refractivity contribution >= 4 is 29.4 Å². The van der Waals surface area contributed by atoms with Crippen LogP contribution < -0.4 is 4.90 Å². The number of aromatic nitrogens is 1. The number of amides is 1. The van der Waals surface area contributed by atoms with E-state index in [0.29, 0.717) is 9.83 Å². The number of rotatable bonds is 3. The maximum atomic E-state index is 13.3. The second kappa shape index (κ2) is 6.82. The van der Waals surface area contributed by atoms with Crippen LogP contribution in [0, 0.1) is 19.0 Å². The van der Waals surface area contributed by atoms with Crippen molar-refractivity contribution in [1.82, 2.24) is 4.98 Å². The predicted octanol–water partition coefficient (Wildman–Crippen LogP) is 5.39. The van der Waals surface area contributed by atoms with E-state index in [9.17, 15) is 4.79 Å². The van der Waals surface area contributed by atoms with Gasteiger partial charge in [0.1, 0.15) is 0 Å². The van der Waals surface area contributed by atoms with Crippen molar-refractivity contribution in [2.75, 3.05) is 11.4 Å². The summed E-state index contributed by atoms with van der Waals surface area (Å²) < 4.78 is 2.80. The summed E-state index contributed by atoms with van der Waals surface area (Å²) >= 11 is -2.06. The Balaban J connectivity index is 1.63. The summed E-state index contributed by atoms with van der Waals surface area (Å²) in [6.45, 7) is 3.25. The van der Waals surface area contributed by atoms with E-state index < -0.39 is 19.8 Å². The zero-order valence-electron chi connectivity index (χ0n) is 14.0. The van der Waals surface area contributed by atoms with Crippen molar-refractivity contribution in [3.05, 3.63) is 55.9 Å². The monoisotopic (exact) mass is 434 g/mol. The third-order valence-electron chi connectivity index (χ3n) is 5.14. The van der Waals surface area contributed by atoms with Crippen molar-refractivity contribution in [2.45, 2.75) is 32.6 Å². The van der Waals surface area contributed by atoms with E-state index in [0.717, 1.165) is 21.7 Å². The van der Waals surface area contributed by atoms with Crippen molar-refractivity contribution in [1.29, 1.82) is 0 Å². The molecule has 0 N–H and O–H groups in total. The molecule has 1 aromatic carbocycles. The van der Waals surface area contributed by atoms with Gasteiger partial charge in [-0.3, -0.25) is 0 Å². The van der Waals surface area contributed by atoms with Crippen LogP contribution in [-0.4, -0.2) is 15.4 Å². The molecule has 2 heterocycles. The summed E-state index contributed by atoms with van der Waals surface area (Å²) in [7, 11) is 0. The second-order valence-corrected chi connectivity index (χ2v) is 11.8. The van der Waals surface area contributed by atoms with Gasteiger partial charge in [0.25, 0.3) is 0 Å². The van der Waals surface area contributed by atoms with Gasteiger partial charge in [-0.05, 0) is 0 Å². The number of nitrogens with zero attached hydrogens (tertiary/aromatic N) is 2. The number of benzene rings is 1. The Morgan fingerprint density at radius 1 is 1.12 bits per heavy atom. The van der Waals surface area contributed by atoms with Crippen LogP contribution in [0.25, 0.3) is 0 Å². The molecule has 126 valence electrons. The number of fused-ring (bicyclic) bond motifs is 1. The number of hydrogen-bond acceptors (Lipinski definition) is 2. The molecule has 0 radical (unpaired) electrons. The van der Waals surface area contributed by atoms with Gasteiger partial charge in [0.05, 0.1) is 0 Å². The molecule has 4 rings (SSSR count). The van der Waals surface area contributed by atoms with Crippen molar-refractivity contribution < 1.29 is 4.79 Å². The Kier molecular flexibility index (Phi) is 4.57. The van der Waals surface area contributed by atoms with Gasteiger partial charge in [0, 0.05) is 0 Å². The van der Waals surface area contributed by atoms with Gasteiger partial charge >= 0.3 is 151 Å².